The Hall–Kier alpha value is -0.910. The molecule has 0 aliphatic heterocycles. The number of hydrazine groups is 1. The van der Waals surface area contributed by atoms with E-state index < -0.39 is 0 Å². The zero-order valence-electron chi connectivity index (χ0n) is 11.6. The molecule has 5 heteroatoms. The summed E-state index contributed by atoms with van der Waals surface area (Å²) < 4.78 is 7.75. The second kappa shape index (κ2) is 5.38. The smallest absolute Gasteiger partial charge is 0.0848 e. The Balaban J connectivity index is 2.14. The molecule has 0 aromatic carbocycles. The zero-order valence-corrected chi connectivity index (χ0v) is 11.6. The maximum Gasteiger partial charge on any atom is 0.0848 e. The molecule has 0 spiro atoms. The summed E-state index contributed by atoms with van der Waals surface area (Å²) in [4.78, 5) is 0. The summed E-state index contributed by atoms with van der Waals surface area (Å²) in [7, 11) is 1.78. The van der Waals surface area contributed by atoms with Crippen LogP contribution in [0.25, 0.3) is 0 Å². The molecule has 3 N–H and O–H groups in total. The molecule has 1 aromatic rings. The van der Waals surface area contributed by atoms with Crippen LogP contribution in [-0.4, -0.2) is 28.5 Å². The SMILES string of the molecule is CCn1nc(C)cc1CC(NN)C1(OC)CCC1. The van der Waals surface area contributed by atoms with Gasteiger partial charge >= 0.3 is 0 Å². The minimum Gasteiger partial charge on any atom is -0.377 e. The molecule has 0 bridgehead atoms. The second-order valence-corrected chi connectivity index (χ2v) is 5.14. The van der Waals surface area contributed by atoms with Gasteiger partial charge in [-0.15, -0.1) is 0 Å². The van der Waals surface area contributed by atoms with Crippen LogP contribution in [0.4, 0.5) is 0 Å². The van der Waals surface area contributed by atoms with E-state index in [9.17, 15) is 0 Å². The van der Waals surface area contributed by atoms with Crippen molar-refractivity contribution < 1.29 is 4.74 Å². The molecule has 1 saturated carbocycles. The third-order valence-corrected chi connectivity index (χ3v) is 4.14. The number of rotatable bonds is 6. The van der Waals surface area contributed by atoms with E-state index in [1.165, 1.54) is 12.1 Å². The van der Waals surface area contributed by atoms with Crippen LogP contribution in [0.15, 0.2) is 6.07 Å². The van der Waals surface area contributed by atoms with Gasteiger partial charge in [0.25, 0.3) is 0 Å². The van der Waals surface area contributed by atoms with Crippen LogP contribution in [-0.2, 0) is 17.7 Å². The minimum absolute atomic E-state index is 0.0918. The summed E-state index contributed by atoms with van der Waals surface area (Å²) >= 11 is 0. The molecular formula is C13H24N4O. The number of nitrogens with one attached hydrogen (secondary N) is 1. The highest BCUT2D eigenvalue weighted by Crippen LogP contribution is 2.38. The fraction of sp³-hybridized carbons (Fsp3) is 0.769. The van der Waals surface area contributed by atoms with Crippen LogP contribution in [0, 0.1) is 6.92 Å². The average molecular weight is 252 g/mol. The molecule has 0 amide bonds. The van der Waals surface area contributed by atoms with Crippen molar-refractivity contribution in [1.29, 1.82) is 0 Å². The van der Waals surface area contributed by atoms with Crippen molar-refractivity contribution in [2.75, 3.05) is 7.11 Å². The summed E-state index contributed by atoms with van der Waals surface area (Å²) in [6, 6.07) is 2.29. The van der Waals surface area contributed by atoms with E-state index in [0.29, 0.717) is 0 Å². The van der Waals surface area contributed by atoms with Gasteiger partial charge < -0.3 is 4.74 Å². The van der Waals surface area contributed by atoms with Crippen molar-refractivity contribution in [3.8, 4) is 0 Å². The van der Waals surface area contributed by atoms with Crippen LogP contribution in [0.5, 0.6) is 0 Å². The van der Waals surface area contributed by atoms with Gasteiger partial charge in [0, 0.05) is 25.8 Å². The van der Waals surface area contributed by atoms with Gasteiger partial charge in [-0.3, -0.25) is 16.0 Å². The predicted octanol–water partition coefficient (Wildman–Crippen LogP) is 1.15. The molecule has 1 aromatic heterocycles. The van der Waals surface area contributed by atoms with E-state index in [2.05, 4.69) is 23.5 Å². The molecule has 5 nitrogen and oxygen atoms in total. The van der Waals surface area contributed by atoms with Crippen molar-refractivity contribution in [1.82, 2.24) is 15.2 Å². The molecule has 1 heterocycles. The Labute approximate surface area is 109 Å². The van der Waals surface area contributed by atoms with Crippen molar-refractivity contribution in [2.24, 2.45) is 5.84 Å². The van der Waals surface area contributed by atoms with Gasteiger partial charge in [-0.2, -0.15) is 5.10 Å². The molecule has 1 fully saturated rings. The Morgan fingerprint density at radius 3 is 2.78 bits per heavy atom. The lowest BCUT2D eigenvalue weighted by Gasteiger charge is -2.46. The number of nitrogens with zero attached hydrogens (tertiary/aromatic N) is 2. The number of hydrogen-bond acceptors (Lipinski definition) is 4. The molecular weight excluding hydrogens is 228 g/mol. The van der Waals surface area contributed by atoms with Gasteiger partial charge in [-0.1, -0.05) is 0 Å². The van der Waals surface area contributed by atoms with E-state index in [1.807, 2.05) is 11.6 Å². The van der Waals surface area contributed by atoms with E-state index in [4.69, 9.17) is 10.6 Å². The summed E-state index contributed by atoms with van der Waals surface area (Å²) in [5.41, 5.74) is 5.13. The molecule has 18 heavy (non-hydrogen) atoms. The summed E-state index contributed by atoms with van der Waals surface area (Å²) in [6.07, 6.45) is 4.24. The first-order chi connectivity index (χ1) is 8.65. The fourth-order valence-corrected chi connectivity index (χ4v) is 2.86. The third kappa shape index (κ3) is 2.30. The van der Waals surface area contributed by atoms with Gasteiger partial charge in [-0.05, 0) is 39.2 Å². The van der Waals surface area contributed by atoms with Crippen LogP contribution in [0.2, 0.25) is 0 Å². The minimum atomic E-state index is -0.0918. The zero-order chi connectivity index (χ0) is 13.2. The lowest BCUT2D eigenvalue weighted by atomic mass is 9.73. The van der Waals surface area contributed by atoms with Gasteiger partial charge in [0.15, 0.2) is 0 Å². The summed E-state index contributed by atoms with van der Waals surface area (Å²) in [5.74, 6) is 5.73. The van der Waals surface area contributed by atoms with E-state index in [0.717, 1.165) is 31.5 Å². The van der Waals surface area contributed by atoms with E-state index in [-0.39, 0.29) is 11.6 Å². The van der Waals surface area contributed by atoms with Crippen molar-refractivity contribution in [2.45, 2.75) is 57.7 Å². The van der Waals surface area contributed by atoms with Crippen molar-refractivity contribution >= 4 is 0 Å². The molecule has 1 atom stereocenters. The lowest BCUT2D eigenvalue weighted by molar-refractivity contribution is -0.0985. The van der Waals surface area contributed by atoms with Gasteiger partial charge in [0.05, 0.1) is 17.3 Å². The van der Waals surface area contributed by atoms with E-state index >= 15 is 0 Å². The highest BCUT2D eigenvalue weighted by atomic mass is 16.5. The highest BCUT2D eigenvalue weighted by Gasteiger charge is 2.44. The van der Waals surface area contributed by atoms with E-state index in [1.54, 1.807) is 7.11 Å². The molecule has 102 valence electrons. The number of aromatic nitrogens is 2. The normalized spacial score (nSPS) is 19.6. The Kier molecular flexibility index (Phi) is 4.04. The van der Waals surface area contributed by atoms with Gasteiger partial charge in [0.2, 0.25) is 0 Å². The lowest BCUT2D eigenvalue weighted by Crippen LogP contribution is -2.59. The molecule has 0 radical (unpaired) electrons. The van der Waals surface area contributed by atoms with Crippen LogP contribution < -0.4 is 11.3 Å². The maximum absolute atomic E-state index is 5.73. The quantitative estimate of drug-likeness (QED) is 0.589. The van der Waals surface area contributed by atoms with Gasteiger partial charge in [0.1, 0.15) is 0 Å². The topological polar surface area (TPSA) is 65.1 Å². The number of methoxy groups -OCH3 is 1. The van der Waals surface area contributed by atoms with Crippen LogP contribution in [0.3, 0.4) is 0 Å². The third-order valence-electron chi connectivity index (χ3n) is 4.14. The number of nitrogens with two attached hydrogens (primary N) is 1. The van der Waals surface area contributed by atoms with Crippen LogP contribution in [0.1, 0.15) is 37.6 Å². The molecule has 1 aliphatic carbocycles. The summed E-state index contributed by atoms with van der Waals surface area (Å²) in [5, 5.41) is 4.48. The highest BCUT2D eigenvalue weighted by molar-refractivity contribution is 5.13. The Bertz CT molecular complexity index is 392. The first-order valence-corrected chi connectivity index (χ1v) is 6.70. The number of ether oxygens (including phenoxy) is 1. The first kappa shape index (κ1) is 13.5. The molecule has 1 unspecified atom stereocenters. The first-order valence-electron chi connectivity index (χ1n) is 6.70. The number of hydrogen-bond donors (Lipinski definition) is 2. The predicted molar refractivity (Wildman–Crippen MR) is 71.0 cm³/mol. The van der Waals surface area contributed by atoms with Crippen molar-refractivity contribution in [3.05, 3.63) is 17.5 Å². The Morgan fingerprint density at radius 2 is 2.33 bits per heavy atom. The standard InChI is InChI=1S/C13H24N4O/c1-4-17-11(8-10(2)16-17)9-12(15-14)13(18-3)6-5-7-13/h8,12,15H,4-7,9,14H2,1-3H3. The van der Waals surface area contributed by atoms with Crippen LogP contribution >= 0.6 is 0 Å². The van der Waals surface area contributed by atoms with Gasteiger partial charge in [-0.25, -0.2) is 0 Å². The number of aryl methyl sites for hydroxylation is 2. The molecule has 0 saturated heterocycles. The second-order valence-electron chi connectivity index (χ2n) is 5.14. The molecule has 1 aliphatic rings. The summed E-state index contributed by atoms with van der Waals surface area (Å²) in [6.45, 7) is 5.02. The molecule has 2 rings (SSSR count). The fourth-order valence-electron chi connectivity index (χ4n) is 2.86. The maximum atomic E-state index is 5.73. The Morgan fingerprint density at radius 1 is 1.61 bits per heavy atom. The average Bonchev–Trinajstić information content (AvgIpc) is 2.67. The monoisotopic (exact) mass is 252 g/mol. The van der Waals surface area contributed by atoms with Crippen molar-refractivity contribution in [3.63, 3.8) is 0 Å². The largest absolute Gasteiger partial charge is 0.377 e.